The first-order valence-electron chi connectivity index (χ1n) is 10.8. The zero-order valence-corrected chi connectivity index (χ0v) is 19.1. The molecule has 0 bridgehead atoms. The summed E-state index contributed by atoms with van der Waals surface area (Å²) in [5.41, 5.74) is 1.41. The van der Waals surface area contributed by atoms with Crippen LogP contribution in [0, 0.1) is 30.5 Å². The van der Waals surface area contributed by atoms with Gasteiger partial charge in [0, 0.05) is 10.4 Å². The second kappa shape index (κ2) is 8.94. The van der Waals surface area contributed by atoms with Crippen molar-refractivity contribution < 1.29 is 18.8 Å². The van der Waals surface area contributed by atoms with Gasteiger partial charge in [-0.25, -0.2) is 9.37 Å². The van der Waals surface area contributed by atoms with E-state index in [1.54, 1.807) is 12.1 Å². The molecule has 32 heavy (non-hydrogen) atoms. The fourth-order valence-corrected chi connectivity index (χ4v) is 5.26. The Morgan fingerprint density at radius 1 is 1.16 bits per heavy atom. The lowest BCUT2D eigenvalue weighted by Crippen LogP contribution is -2.48. The van der Waals surface area contributed by atoms with Gasteiger partial charge >= 0.3 is 0 Å². The van der Waals surface area contributed by atoms with Gasteiger partial charge in [0.25, 0.3) is 0 Å². The van der Waals surface area contributed by atoms with Gasteiger partial charge in [-0.2, -0.15) is 0 Å². The average molecular weight is 456 g/mol. The lowest BCUT2D eigenvalue weighted by atomic mass is 9.85. The van der Waals surface area contributed by atoms with Crippen LogP contribution in [0.4, 0.5) is 9.52 Å². The van der Waals surface area contributed by atoms with Gasteiger partial charge < -0.3 is 5.32 Å². The number of aryl methyl sites for hydroxylation is 1. The first-order chi connectivity index (χ1) is 15.3. The molecule has 1 saturated heterocycles. The van der Waals surface area contributed by atoms with Crippen LogP contribution in [0.15, 0.2) is 36.4 Å². The van der Waals surface area contributed by atoms with Crippen molar-refractivity contribution in [3.8, 4) is 11.3 Å². The van der Waals surface area contributed by atoms with E-state index in [0.29, 0.717) is 30.1 Å². The number of aromatic nitrogens is 1. The summed E-state index contributed by atoms with van der Waals surface area (Å²) in [6.45, 7) is 5.79. The van der Waals surface area contributed by atoms with Crippen LogP contribution >= 0.6 is 11.3 Å². The van der Waals surface area contributed by atoms with Crippen molar-refractivity contribution in [2.75, 3.05) is 5.32 Å². The Kier molecular flexibility index (Phi) is 6.24. The first-order valence-corrected chi connectivity index (χ1v) is 11.6. The van der Waals surface area contributed by atoms with E-state index in [-0.39, 0.29) is 35.4 Å². The van der Waals surface area contributed by atoms with Crippen LogP contribution in [-0.2, 0) is 14.4 Å². The van der Waals surface area contributed by atoms with E-state index >= 15 is 0 Å². The Hall–Kier alpha value is -2.87. The highest BCUT2D eigenvalue weighted by molar-refractivity contribution is 7.16. The Labute approximate surface area is 190 Å². The number of benzene rings is 1. The monoisotopic (exact) mass is 455 g/mol. The number of hydrogen-bond acceptors (Lipinski definition) is 5. The zero-order chi connectivity index (χ0) is 23.0. The normalized spacial score (nSPS) is 21.2. The van der Waals surface area contributed by atoms with E-state index in [9.17, 15) is 18.8 Å². The minimum absolute atomic E-state index is 0.111. The summed E-state index contributed by atoms with van der Waals surface area (Å²) >= 11 is 1.31. The molecule has 0 radical (unpaired) electrons. The van der Waals surface area contributed by atoms with Gasteiger partial charge in [-0.1, -0.05) is 26.0 Å². The molecule has 2 heterocycles. The number of halogens is 1. The van der Waals surface area contributed by atoms with E-state index in [2.05, 4.69) is 10.3 Å². The summed E-state index contributed by atoms with van der Waals surface area (Å²) in [4.78, 5) is 46.0. The van der Waals surface area contributed by atoms with Gasteiger partial charge in [0.05, 0.1) is 17.5 Å². The van der Waals surface area contributed by atoms with Crippen LogP contribution in [0.3, 0.4) is 0 Å². The van der Waals surface area contributed by atoms with Gasteiger partial charge in [-0.15, -0.1) is 11.3 Å². The quantitative estimate of drug-likeness (QED) is 0.512. The van der Waals surface area contributed by atoms with Crippen LogP contribution < -0.4 is 5.32 Å². The number of likely N-dealkylation sites (tertiary alicyclic amines) is 1. The van der Waals surface area contributed by atoms with Crippen molar-refractivity contribution in [1.82, 2.24) is 9.88 Å². The van der Waals surface area contributed by atoms with E-state index in [1.165, 1.54) is 28.4 Å². The number of nitrogens with zero attached hydrogens (tertiary/aromatic N) is 2. The molecule has 1 aliphatic heterocycles. The molecule has 3 amide bonds. The van der Waals surface area contributed by atoms with Crippen molar-refractivity contribution in [1.29, 1.82) is 0 Å². The van der Waals surface area contributed by atoms with Crippen molar-refractivity contribution >= 4 is 34.2 Å². The predicted octanol–water partition coefficient (Wildman–Crippen LogP) is 4.56. The number of thiazole rings is 1. The molecule has 2 aromatic rings. The summed E-state index contributed by atoms with van der Waals surface area (Å²) in [5, 5.41) is 3.21. The molecule has 6 nitrogen and oxygen atoms in total. The first kappa shape index (κ1) is 22.3. The van der Waals surface area contributed by atoms with Crippen molar-refractivity contribution in [2.45, 2.75) is 46.1 Å². The third-order valence-corrected chi connectivity index (χ3v) is 6.88. The van der Waals surface area contributed by atoms with Crippen molar-refractivity contribution in [3.05, 3.63) is 47.1 Å². The number of allylic oxidation sites excluding steroid dienone is 2. The smallest absolute Gasteiger partial charge is 0.249 e. The molecule has 1 aromatic carbocycles. The lowest BCUT2D eigenvalue weighted by molar-refractivity contribution is -0.147. The Morgan fingerprint density at radius 3 is 2.31 bits per heavy atom. The maximum Gasteiger partial charge on any atom is 0.249 e. The Morgan fingerprint density at radius 2 is 1.75 bits per heavy atom. The molecule has 168 valence electrons. The Bertz CT molecular complexity index is 1050. The minimum atomic E-state index is -0.876. The highest BCUT2D eigenvalue weighted by Gasteiger charge is 2.51. The third kappa shape index (κ3) is 4.24. The number of anilines is 1. The number of hydrogen-bond donors (Lipinski definition) is 1. The SMILES string of the molecule is Cc1sc(NC(=O)C(CC(C)C)N2C(=O)C3CC=CCC3C2=O)nc1-c1ccc(F)cc1. The van der Waals surface area contributed by atoms with Crippen LogP contribution in [0.2, 0.25) is 0 Å². The average Bonchev–Trinajstić information content (AvgIpc) is 3.24. The zero-order valence-electron chi connectivity index (χ0n) is 18.3. The molecule has 0 spiro atoms. The number of nitrogens with one attached hydrogen (secondary N) is 1. The molecule has 3 atom stereocenters. The molecule has 4 rings (SSSR count). The lowest BCUT2D eigenvalue weighted by Gasteiger charge is -2.27. The molecular weight excluding hydrogens is 429 g/mol. The largest absolute Gasteiger partial charge is 0.300 e. The van der Waals surface area contributed by atoms with Crippen LogP contribution in [0.25, 0.3) is 11.3 Å². The number of carbonyl (C=O) groups is 3. The molecule has 8 heteroatoms. The number of amides is 3. The molecule has 1 aliphatic carbocycles. The fraction of sp³-hybridized carbons (Fsp3) is 0.417. The molecule has 2 aliphatic rings. The second-order valence-corrected chi connectivity index (χ2v) is 9.97. The molecule has 1 aromatic heterocycles. The highest BCUT2D eigenvalue weighted by Crippen LogP contribution is 2.37. The van der Waals surface area contributed by atoms with Gasteiger partial charge in [0.1, 0.15) is 11.9 Å². The van der Waals surface area contributed by atoms with Crippen molar-refractivity contribution in [3.63, 3.8) is 0 Å². The van der Waals surface area contributed by atoms with E-state index in [1.807, 2.05) is 32.9 Å². The summed E-state index contributed by atoms with van der Waals surface area (Å²) in [6, 6.07) is 5.14. The van der Waals surface area contributed by atoms with Crippen LogP contribution in [0.5, 0.6) is 0 Å². The number of carbonyl (C=O) groups excluding carboxylic acids is 3. The number of fused-ring (bicyclic) bond motifs is 1. The second-order valence-electron chi connectivity index (χ2n) is 8.77. The molecule has 0 saturated carbocycles. The third-order valence-electron chi connectivity index (χ3n) is 6.00. The fourth-order valence-electron chi connectivity index (χ4n) is 4.42. The maximum absolute atomic E-state index is 13.3. The molecule has 1 fully saturated rings. The molecule has 1 N–H and O–H groups in total. The molecule has 3 unspecified atom stereocenters. The number of imide groups is 1. The summed E-state index contributed by atoms with van der Waals surface area (Å²) in [7, 11) is 0. The van der Waals surface area contributed by atoms with E-state index in [0.717, 1.165) is 10.4 Å². The maximum atomic E-state index is 13.3. The Balaban J connectivity index is 1.57. The van der Waals surface area contributed by atoms with Gasteiger partial charge in [0.15, 0.2) is 5.13 Å². The minimum Gasteiger partial charge on any atom is -0.300 e. The number of rotatable bonds is 6. The van der Waals surface area contributed by atoms with Crippen LogP contribution in [-0.4, -0.2) is 33.6 Å². The van der Waals surface area contributed by atoms with Gasteiger partial charge in [-0.3, -0.25) is 19.3 Å². The highest BCUT2D eigenvalue weighted by atomic mass is 32.1. The van der Waals surface area contributed by atoms with E-state index < -0.39 is 11.9 Å². The van der Waals surface area contributed by atoms with Crippen LogP contribution in [0.1, 0.15) is 38.0 Å². The molecular formula is C24H26FN3O3S. The topological polar surface area (TPSA) is 79.4 Å². The van der Waals surface area contributed by atoms with Gasteiger partial charge in [0.2, 0.25) is 17.7 Å². The standard InChI is InChI=1S/C24H26FN3O3S/c1-13(2)12-19(28-22(30)17-6-4-5-7-18(17)23(28)31)21(29)27-24-26-20(14(3)32-24)15-8-10-16(25)11-9-15/h4-5,8-11,13,17-19H,6-7,12H2,1-3H3,(H,26,27,29). The van der Waals surface area contributed by atoms with E-state index in [4.69, 9.17) is 0 Å². The predicted molar refractivity (Wildman–Crippen MR) is 121 cm³/mol. The summed E-state index contributed by atoms with van der Waals surface area (Å²) in [6.07, 6.45) is 5.32. The summed E-state index contributed by atoms with van der Waals surface area (Å²) in [5.74, 6) is -1.89. The van der Waals surface area contributed by atoms with Gasteiger partial charge in [-0.05, 0) is 56.4 Å². The summed E-state index contributed by atoms with van der Waals surface area (Å²) < 4.78 is 13.3. The van der Waals surface area contributed by atoms with Crippen molar-refractivity contribution in [2.24, 2.45) is 17.8 Å².